The maximum Gasteiger partial charge on any atom is 0.290 e. The van der Waals surface area contributed by atoms with Crippen LogP contribution in [0.15, 0.2) is 41.1 Å². The van der Waals surface area contributed by atoms with Gasteiger partial charge in [0, 0.05) is 43.9 Å². The molecule has 3 heterocycles. The molecule has 3 atom stereocenters. The van der Waals surface area contributed by atoms with Gasteiger partial charge in [-0.3, -0.25) is 14.8 Å². The minimum Gasteiger partial charge on any atom is -0.495 e. The minimum atomic E-state index is -0.206. The van der Waals surface area contributed by atoms with Crippen LogP contribution in [0.4, 0.5) is 5.69 Å². The Balaban J connectivity index is 1.38. The van der Waals surface area contributed by atoms with E-state index in [1.165, 1.54) is 4.68 Å². The fourth-order valence-corrected chi connectivity index (χ4v) is 3.70. The SMILES string of the molecule is COc1ccc(C2C(C)C2COc2cc(NCC3=CN(C)NN3)c(=O)n(C)n2)nc1. The van der Waals surface area contributed by atoms with E-state index in [0.29, 0.717) is 42.5 Å². The largest absolute Gasteiger partial charge is 0.495 e. The van der Waals surface area contributed by atoms with Gasteiger partial charge in [-0.25, -0.2) is 4.68 Å². The Bertz CT molecular complexity index is 989. The molecule has 1 aliphatic carbocycles. The molecule has 30 heavy (non-hydrogen) atoms. The molecule has 0 saturated heterocycles. The summed E-state index contributed by atoms with van der Waals surface area (Å²) in [5, 5.41) is 9.16. The van der Waals surface area contributed by atoms with Gasteiger partial charge in [0.25, 0.3) is 5.56 Å². The zero-order chi connectivity index (χ0) is 21.3. The van der Waals surface area contributed by atoms with Crippen LogP contribution in [-0.2, 0) is 7.05 Å². The second-order valence-corrected chi connectivity index (χ2v) is 7.66. The van der Waals surface area contributed by atoms with Crippen LogP contribution in [0.3, 0.4) is 0 Å². The van der Waals surface area contributed by atoms with Crippen molar-refractivity contribution in [1.29, 1.82) is 0 Å². The van der Waals surface area contributed by atoms with Gasteiger partial charge in [-0.1, -0.05) is 6.92 Å². The number of methoxy groups -OCH3 is 1. The molecule has 3 unspecified atom stereocenters. The van der Waals surface area contributed by atoms with Crippen molar-refractivity contribution in [3.05, 3.63) is 52.3 Å². The second kappa shape index (κ2) is 8.23. The molecule has 2 aliphatic rings. The highest BCUT2D eigenvalue weighted by Gasteiger charge is 2.49. The Morgan fingerprint density at radius 1 is 1.30 bits per heavy atom. The molecule has 160 valence electrons. The molecule has 10 heteroatoms. The van der Waals surface area contributed by atoms with E-state index >= 15 is 0 Å². The van der Waals surface area contributed by atoms with E-state index in [1.54, 1.807) is 31.4 Å². The normalized spacial score (nSPS) is 22.3. The minimum absolute atomic E-state index is 0.206. The lowest BCUT2D eigenvalue weighted by Gasteiger charge is -2.11. The lowest BCUT2D eigenvalue weighted by molar-refractivity contribution is 0.273. The highest BCUT2D eigenvalue weighted by atomic mass is 16.5. The Morgan fingerprint density at radius 3 is 2.80 bits per heavy atom. The number of aromatic nitrogens is 3. The third kappa shape index (κ3) is 4.18. The number of pyridine rings is 1. The van der Waals surface area contributed by atoms with E-state index in [0.717, 1.165) is 17.1 Å². The van der Waals surface area contributed by atoms with Gasteiger partial charge in [-0.05, 0) is 18.1 Å². The van der Waals surface area contributed by atoms with Gasteiger partial charge in [-0.2, -0.15) is 0 Å². The Kier molecular flexibility index (Phi) is 5.49. The number of hydrogen-bond donors (Lipinski definition) is 3. The molecule has 0 radical (unpaired) electrons. The van der Waals surface area contributed by atoms with Crippen molar-refractivity contribution < 1.29 is 9.47 Å². The van der Waals surface area contributed by atoms with Crippen LogP contribution in [0.2, 0.25) is 0 Å². The molecule has 4 rings (SSSR count). The predicted octanol–water partition coefficient (Wildman–Crippen LogP) is 0.820. The number of rotatable bonds is 8. The number of aryl methyl sites for hydroxylation is 1. The van der Waals surface area contributed by atoms with Crippen molar-refractivity contribution in [2.24, 2.45) is 18.9 Å². The zero-order valence-corrected chi connectivity index (χ0v) is 17.5. The molecule has 1 aliphatic heterocycles. The smallest absolute Gasteiger partial charge is 0.290 e. The molecular weight excluding hydrogens is 386 g/mol. The quantitative estimate of drug-likeness (QED) is 0.580. The second-order valence-electron chi connectivity index (χ2n) is 7.66. The molecule has 2 aromatic rings. The van der Waals surface area contributed by atoms with E-state index in [-0.39, 0.29) is 5.56 Å². The summed E-state index contributed by atoms with van der Waals surface area (Å²) in [4.78, 5) is 16.9. The monoisotopic (exact) mass is 413 g/mol. The molecule has 0 bridgehead atoms. The van der Waals surface area contributed by atoms with Crippen molar-refractivity contribution in [2.75, 3.05) is 32.6 Å². The number of nitrogens with one attached hydrogen (secondary N) is 3. The van der Waals surface area contributed by atoms with Crippen LogP contribution in [0.25, 0.3) is 0 Å². The van der Waals surface area contributed by atoms with Crippen LogP contribution < -0.4 is 31.3 Å². The third-order valence-corrected chi connectivity index (χ3v) is 5.57. The van der Waals surface area contributed by atoms with E-state index in [1.807, 2.05) is 25.4 Å². The maximum absolute atomic E-state index is 12.4. The molecule has 1 saturated carbocycles. The van der Waals surface area contributed by atoms with Crippen molar-refractivity contribution in [3.8, 4) is 11.6 Å². The Labute approximate surface area is 174 Å². The number of ether oxygens (including phenoxy) is 2. The average Bonchev–Trinajstić information content (AvgIpc) is 3.19. The summed E-state index contributed by atoms with van der Waals surface area (Å²) in [6.07, 6.45) is 3.64. The predicted molar refractivity (Wildman–Crippen MR) is 112 cm³/mol. The van der Waals surface area contributed by atoms with Crippen molar-refractivity contribution in [1.82, 2.24) is 30.7 Å². The van der Waals surface area contributed by atoms with Crippen molar-refractivity contribution in [2.45, 2.75) is 12.8 Å². The topological polar surface area (TPSA) is 106 Å². The van der Waals surface area contributed by atoms with E-state index in [4.69, 9.17) is 9.47 Å². The summed E-state index contributed by atoms with van der Waals surface area (Å²) in [6.45, 7) is 3.19. The number of hydrazine groups is 2. The summed E-state index contributed by atoms with van der Waals surface area (Å²) >= 11 is 0. The van der Waals surface area contributed by atoms with Gasteiger partial charge >= 0.3 is 0 Å². The molecular formula is C20H27N7O3. The van der Waals surface area contributed by atoms with Crippen LogP contribution in [0.5, 0.6) is 11.6 Å². The molecule has 10 nitrogen and oxygen atoms in total. The lowest BCUT2D eigenvalue weighted by Crippen LogP contribution is -2.34. The van der Waals surface area contributed by atoms with Crippen molar-refractivity contribution in [3.63, 3.8) is 0 Å². The highest BCUT2D eigenvalue weighted by Crippen LogP contribution is 2.53. The van der Waals surface area contributed by atoms with Crippen LogP contribution in [0, 0.1) is 11.8 Å². The molecule has 0 spiro atoms. The first-order valence-electron chi connectivity index (χ1n) is 9.86. The maximum atomic E-state index is 12.4. The van der Waals surface area contributed by atoms with Gasteiger partial charge in [0.15, 0.2) is 0 Å². The number of nitrogens with zero attached hydrogens (tertiary/aromatic N) is 4. The zero-order valence-electron chi connectivity index (χ0n) is 17.5. The molecule has 1 fully saturated rings. The fraction of sp³-hybridized carbons (Fsp3) is 0.450. The van der Waals surface area contributed by atoms with Crippen LogP contribution in [-0.4, -0.2) is 47.1 Å². The Hall–Kier alpha value is -3.27. The van der Waals surface area contributed by atoms with Gasteiger partial charge < -0.3 is 20.2 Å². The summed E-state index contributed by atoms with van der Waals surface area (Å²) in [5.41, 5.74) is 8.14. The van der Waals surface area contributed by atoms with Crippen LogP contribution >= 0.6 is 0 Å². The van der Waals surface area contributed by atoms with Gasteiger partial charge in [0.05, 0.1) is 32.2 Å². The third-order valence-electron chi connectivity index (χ3n) is 5.57. The summed E-state index contributed by atoms with van der Waals surface area (Å²) in [7, 11) is 5.13. The van der Waals surface area contributed by atoms with Gasteiger partial charge in [0.2, 0.25) is 5.88 Å². The molecule has 2 aromatic heterocycles. The highest BCUT2D eigenvalue weighted by molar-refractivity contribution is 5.44. The molecule has 0 amide bonds. The van der Waals surface area contributed by atoms with E-state index in [9.17, 15) is 4.79 Å². The van der Waals surface area contributed by atoms with Gasteiger partial charge in [0.1, 0.15) is 11.4 Å². The fourth-order valence-electron chi connectivity index (χ4n) is 3.70. The van der Waals surface area contributed by atoms with Gasteiger partial charge in [-0.15, -0.1) is 10.6 Å². The number of anilines is 1. The molecule has 0 aromatic carbocycles. The Morgan fingerprint density at radius 2 is 2.13 bits per heavy atom. The summed E-state index contributed by atoms with van der Waals surface area (Å²) in [5.74, 6) is 2.35. The van der Waals surface area contributed by atoms with E-state index < -0.39 is 0 Å². The average molecular weight is 413 g/mol. The first-order chi connectivity index (χ1) is 14.5. The van der Waals surface area contributed by atoms with Crippen molar-refractivity contribution >= 4 is 5.69 Å². The molecule has 3 N–H and O–H groups in total. The summed E-state index contributed by atoms with van der Waals surface area (Å²) in [6, 6.07) is 5.59. The van der Waals surface area contributed by atoms with E-state index in [2.05, 4.69) is 33.3 Å². The standard InChI is InChI=1S/C20H27N7O3/c1-12-15(19(12)16-6-5-14(29-4)9-22-16)11-30-18-7-17(20(28)27(3)24-18)21-8-13-10-26(2)25-23-13/h5-7,9-10,12,15,19,21,23,25H,8,11H2,1-4H3. The first kappa shape index (κ1) is 20.0. The number of hydrogen-bond acceptors (Lipinski definition) is 9. The van der Waals surface area contributed by atoms with Crippen LogP contribution in [0.1, 0.15) is 18.5 Å². The first-order valence-corrected chi connectivity index (χ1v) is 9.86. The lowest BCUT2D eigenvalue weighted by atomic mass is 10.2. The summed E-state index contributed by atoms with van der Waals surface area (Å²) < 4.78 is 12.4.